The molecular formula is C21H25N5O. The first-order valence-electron chi connectivity index (χ1n) is 9.29. The van der Waals surface area contributed by atoms with Gasteiger partial charge in [-0.25, -0.2) is 0 Å². The maximum atomic E-state index is 12.2. The predicted molar refractivity (Wildman–Crippen MR) is 105 cm³/mol. The molecule has 0 aliphatic rings. The van der Waals surface area contributed by atoms with E-state index in [0.29, 0.717) is 25.2 Å². The summed E-state index contributed by atoms with van der Waals surface area (Å²) < 4.78 is 0. The van der Waals surface area contributed by atoms with Crippen molar-refractivity contribution in [1.29, 1.82) is 0 Å². The molecule has 0 radical (unpaired) electrons. The molecule has 3 aromatic rings. The first-order chi connectivity index (χ1) is 13.1. The van der Waals surface area contributed by atoms with E-state index in [1.54, 1.807) is 4.80 Å². The third kappa shape index (κ3) is 5.48. The molecule has 0 bridgehead atoms. The summed E-state index contributed by atoms with van der Waals surface area (Å²) in [6, 6.07) is 18.1. The molecule has 0 saturated carbocycles. The van der Waals surface area contributed by atoms with Gasteiger partial charge in [-0.2, -0.15) is 4.80 Å². The van der Waals surface area contributed by atoms with Gasteiger partial charge in [-0.15, -0.1) is 10.2 Å². The second-order valence-corrected chi connectivity index (χ2v) is 6.78. The lowest BCUT2D eigenvalue weighted by Crippen LogP contribution is -2.34. The number of hydrogen-bond donors (Lipinski definition) is 1. The van der Waals surface area contributed by atoms with Crippen LogP contribution in [0.25, 0.3) is 11.4 Å². The highest BCUT2D eigenvalue weighted by Gasteiger charge is 2.10. The number of carbonyl (C=O) groups excluding carboxylic acids is 1. The summed E-state index contributed by atoms with van der Waals surface area (Å²) in [7, 11) is 0. The molecule has 0 aliphatic carbocycles. The number of nitrogens with one attached hydrogen (secondary N) is 1. The number of carbonyl (C=O) groups is 1. The van der Waals surface area contributed by atoms with Crippen molar-refractivity contribution in [3.8, 4) is 11.4 Å². The minimum atomic E-state index is 0.0551. The summed E-state index contributed by atoms with van der Waals surface area (Å²) >= 11 is 0. The largest absolute Gasteiger partial charge is 0.353 e. The monoisotopic (exact) mass is 363 g/mol. The van der Waals surface area contributed by atoms with Crippen molar-refractivity contribution in [1.82, 2.24) is 25.5 Å². The topological polar surface area (TPSA) is 72.7 Å². The van der Waals surface area contributed by atoms with Crippen LogP contribution in [0.5, 0.6) is 0 Å². The van der Waals surface area contributed by atoms with Gasteiger partial charge in [0, 0.05) is 18.0 Å². The first kappa shape index (κ1) is 18.8. The zero-order valence-electron chi connectivity index (χ0n) is 15.8. The van der Waals surface area contributed by atoms with Gasteiger partial charge >= 0.3 is 0 Å². The number of hydrogen-bond acceptors (Lipinski definition) is 4. The van der Waals surface area contributed by atoms with Crippen molar-refractivity contribution in [3.63, 3.8) is 0 Å². The quantitative estimate of drug-likeness (QED) is 0.667. The summed E-state index contributed by atoms with van der Waals surface area (Å²) in [4.78, 5) is 13.7. The average Bonchev–Trinajstić information content (AvgIpc) is 3.13. The van der Waals surface area contributed by atoms with Crippen LogP contribution in [0.2, 0.25) is 0 Å². The SMILES string of the molecule is Cc1ccccc1C[C@@H](C)NC(=O)CCCn1nnc(-c2ccccc2)n1. The van der Waals surface area contributed by atoms with Crippen molar-refractivity contribution in [3.05, 3.63) is 65.7 Å². The fourth-order valence-corrected chi connectivity index (χ4v) is 2.99. The van der Waals surface area contributed by atoms with E-state index in [9.17, 15) is 4.79 Å². The van der Waals surface area contributed by atoms with Crippen LogP contribution in [0, 0.1) is 6.92 Å². The van der Waals surface area contributed by atoms with Gasteiger partial charge in [0.25, 0.3) is 0 Å². The normalized spacial score (nSPS) is 11.9. The smallest absolute Gasteiger partial charge is 0.220 e. The Hall–Kier alpha value is -3.02. The van der Waals surface area contributed by atoms with Crippen molar-refractivity contribution < 1.29 is 4.79 Å². The van der Waals surface area contributed by atoms with Crippen LogP contribution in [0.1, 0.15) is 30.9 Å². The van der Waals surface area contributed by atoms with Gasteiger partial charge in [-0.3, -0.25) is 4.79 Å². The van der Waals surface area contributed by atoms with E-state index in [1.807, 2.05) is 49.4 Å². The minimum Gasteiger partial charge on any atom is -0.353 e. The molecule has 1 heterocycles. The number of amides is 1. The average molecular weight is 363 g/mol. The highest BCUT2D eigenvalue weighted by Crippen LogP contribution is 2.12. The molecule has 0 fully saturated rings. The van der Waals surface area contributed by atoms with E-state index >= 15 is 0 Å². The number of tetrazole rings is 1. The van der Waals surface area contributed by atoms with Gasteiger partial charge in [-0.1, -0.05) is 54.6 Å². The maximum absolute atomic E-state index is 12.2. The second-order valence-electron chi connectivity index (χ2n) is 6.78. The molecule has 27 heavy (non-hydrogen) atoms. The highest BCUT2D eigenvalue weighted by molar-refractivity contribution is 5.76. The van der Waals surface area contributed by atoms with Crippen molar-refractivity contribution in [2.45, 2.75) is 45.7 Å². The van der Waals surface area contributed by atoms with Crippen LogP contribution < -0.4 is 5.32 Å². The Kier molecular flexibility index (Phi) is 6.30. The Morgan fingerprint density at radius 3 is 2.63 bits per heavy atom. The van der Waals surface area contributed by atoms with Crippen LogP contribution in [0.3, 0.4) is 0 Å². The Bertz CT molecular complexity index is 875. The zero-order chi connectivity index (χ0) is 19.1. The number of aryl methyl sites for hydroxylation is 2. The molecule has 1 aromatic heterocycles. The fourth-order valence-electron chi connectivity index (χ4n) is 2.99. The van der Waals surface area contributed by atoms with Crippen LogP contribution in [-0.2, 0) is 17.8 Å². The Labute approximate surface area is 159 Å². The van der Waals surface area contributed by atoms with Gasteiger partial charge in [0.15, 0.2) is 0 Å². The molecule has 1 atom stereocenters. The summed E-state index contributed by atoms with van der Waals surface area (Å²) in [6.45, 7) is 4.70. The molecule has 0 spiro atoms. The third-order valence-electron chi connectivity index (χ3n) is 4.44. The lowest BCUT2D eigenvalue weighted by molar-refractivity contribution is -0.121. The van der Waals surface area contributed by atoms with E-state index in [4.69, 9.17) is 0 Å². The summed E-state index contributed by atoms with van der Waals surface area (Å²) in [6.07, 6.45) is 1.96. The Morgan fingerprint density at radius 1 is 1.11 bits per heavy atom. The molecule has 0 unspecified atom stereocenters. The molecule has 1 N–H and O–H groups in total. The van der Waals surface area contributed by atoms with E-state index in [1.165, 1.54) is 11.1 Å². The van der Waals surface area contributed by atoms with Gasteiger partial charge in [0.05, 0.1) is 6.54 Å². The molecule has 140 valence electrons. The number of benzene rings is 2. The van der Waals surface area contributed by atoms with E-state index in [2.05, 4.69) is 39.8 Å². The van der Waals surface area contributed by atoms with Crippen LogP contribution in [-0.4, -0.2) is 32.2 Å². The summed E-state index contributed by atoms with van der Waals surface area (Å²) in [5.41, 5.74) is 3.46. The minimum absolute atomic E-state index is 0.0551. The molecular weight excluding hydrogens is 338 g/mol. The zero-order valence-corrected chi connectivity index (χ0v) is 15.8. The van der Waals surface area contributed by atoms with Crippen molar-refractivity contribution >= 4 is 5.91 Å². The Balaban J connectivity index is 1.42. The van der Waals surface area contributed by atoms with Crippen LogP contribution >= 0.6 is 0 Å². The molecule has 6 heteroatoms. The lowest BCUT2D eigenvalue weighted by Gasteiger charge is -2.15. The molecule has 0 aliphatic heterocycles. The fraction of sp³-hybridized carbons (Fsp3) is 0.333. The lowest BCUT2D eigenvalue weighted by atomic mass is 10.0. The highest BCUT2D eigenvalue weighted by atomic mass is 16.1. The Morgan fingerprint density at radius 2 is 1.85 bits per heavy atom. The van der Waals surface area contributed by atoms with Gasteiger partial charge < -0.3 is 5.32 Å². The van der Waals surface area contributed by atoms with E-state index in [-0.39, 0.29) is 11.9 Å². The molecule has 2 aromatic carbocycles. The first-order valence-corrected chi connectivity index (χ1v) is 9.29. The summed E-state index contributed by atoms with van der Waals surface area (Å²) in [5.74, 6) is 0.659. The standard InChI is InChI=1S/C21H25N5O/c1-16-9-6-7-12-19(16)15-17(2)22-20(27)13-8-14-26-24-21(23-25-26)18-10-4-3-5-11-18/h3-7,9-12,17H,8,13-15H2,1-2H3,(H,22,27)/t17-/m1/s1. The number of aromatic nitrogens is 4. The molecule has 6 nitrogen and oxygen atoms in total. The van der Waals surface area contributed by atoms with Gasteiger partial charge in [-0.05, 0) is 43.0 Å². The van der Waals surface area contributed by atoms with Crippen molar-refractivity contribution in [2.75, 3.05) is 0 Å². The second kappa shape index (κ2) is 9.07. The molecule has 1 amide bonds. The van der Waals surface area contributed by atoms with Gasteiger partial charge in [0.2, 0.25) is 11.7 Å². The molecule has 3 rings (SSSR count). The molecule has 0 saturated heterocycles. The van der Waals surface area contributed by atoms with Crippen LogP contribution in [0.15, 0.2) is 54.6 Å². The van der Waals surface area contributed by atoms with E-state index < -0.39 is 0 Å². The predicted octanol–water partition coefficient (Wildman–Crippen LogP) is 3.18. The van der Waals surface area contributed by atoms with Crippen LogP contribution in [0.4, 0.5) is 0 Å². The van der Waals surface area contributed by atoms with Crippen molar-refractivity contribution in [2.24, 2.45) is 0 Å². The maximum Gasteiger partial charge on any atom is 0.220 e. The van der Waals surface area contributed by atoms with E-state index in [0.717, 1.165) is 12.0 Å². The summed E-state index contributed by atoms with van der Waals surface area (Å²) in [5, 5.41) is 15.6. The number of nitrogens with zero attached hydrogens (tertiary/aromatic N) is 4. The van der Waals surface area contributed by atoms with Gasteiger partial charge in [0.1, 0.15) is 0 Å². The number of rotatable bonds is 8. The third-order valence-corrected chi connectivity index (χ3v) is 4.44.